The van der Waals surface area contributed by atoms with E-state index in [-0.39, 0.29) is 17.9 Å². The lowest BCUT2D eigenvalue weighted by Crippen LogP contribution is -2.48. The highest BCUT2D eigenvalue weighted by molar-refractivity contribution is 6.00. The smallest absolute Gasteiger partial charge is 0.249 e. The summed E-state index contributed by atoms with van der Waals surface area (Å²) in [4.78, 5) is 28.6. The summed E-state index contributed by atoms with van der Waals surface area (Å²) < 4.78 is 1.97. The summed E-state index contributed by atoms with van der Waals surface area (Å²) in [5.74, 6) is -0.379. The molecule has 2 aromatic rings. The molecule has 1 aromatic carbocycles. The van der Waals surface area contributed by atoms with Crippen molar-refractivity contribution in [3.63, 3.8) is 0 Å². The SMILES string of the molecule is CNCCN1CCN(c2cccc3cn(C4CCC(=O)NC4=O)cc23)CC1. The second kappa shape index (κ2) is 7.70. The lowest BCUT2D eigenvalue weighted by molar-refractivity contribution is -0.135. The Balaban J connectivity index is 1.54. The summed E-state index contributed by atoms with van der Waals surface area (Å²) >= 11 is 0. The molecule has 2 fully saturated rings. The summed E-state index contributed by atoms with van der Waals surface area (Å²) in [5, 5.41) is 7.97. The van der Waals surface area contributed by atoms with E-state index in [1.165, 1.54) is 11.1 Å². The van der Waals surface area contributed by atoms with Crippen LogP contribution in [-0.4, -0.2) is 67.6 Å². The van der Waals surface area contributed by atoms with Crippen molar-refractivity contribution in [3.05, 3.63) is 30.6 Å². The number of carbonyl (C=O) groups is 2. The van der Waals surface area contributed by atoms with Crippen molar-refractivity contribution in [2.75, 3.05) is 51.2 Å². The van der Waals surface area contributed by atoms with Gasteiger partial charge in [0.25, 0.3) is 0 Å². The van der Waals surface area contributed by atoms with E-state index in [0.717, 1.165) is 44.7 Å². The number of amides is 2. The van der Waals surface area contributed by atoms with E-state index < -0.39 is 0 Å². The molecule has 4 rings (SSSR count). The number of aromatic nitrogens is 1. The number of hydrogen-bond donors (Lipinski definition) is 2. The van der Waals surface area contributed by atoms with Gasteiger partial charge in [0.1, 0.15) is 6.04 Å². The molecule has 2 N–H and O–H groups in total. The molecule has 2 saturated heterocycles. The van der Waals surface area contributed by atoms with E-state index in [2.05, 4.69) is 44.8 Å². The number of imide groups is 1. The highest BCUT2D eigenvalue weighted by Gasteiger charge is 2.28. The molecule has 2 aliphatic rings. The summed E-state index contributed by atoms with van der Waals surface area (Å²) in [6.45, 7) is 6.24. The molecular weight excluding hydrogens is 342 g/mol. The van der Waals surface area contributed by atoms with Crippen LogP contribution in [0.15, 0.2) is 30.6 Å². The van der Waals surface area contributed by atoms with Gasteiger partial charge in [-0.3, -0.25) is 19.8 Å². The van der Waals surface area contributed by atoms with Crippen LogP contribution in [0.3, 0.4) is 0 Å². The summed E-state index contributed by atoms with van der Waals surface area (Å²) in [5.41, 5.74) is 1.23. The van der Waals surface area contributed by atoms with Gasteiger partial charge in [-0.2, -0.15) is 0 Å². The quantitative estimate of drug-likeness (QED) is 0.769. The van der Waals surface area contributed by atoms with Crippen LogP contribution in [0.5, 0.6) is 0 Å². The zero-order valence-electron chi connectivity index (χ0n) is 15.8. The first kappa shape index (κ1) is 18.0. The minimum atomic E-state index is -0.304. The van der Waals surface area contributed by atoms with Gasteiger partial charge in [-0.25, -0.2) is 0 Å². The van der Waals surface area contributed by atoms with Crippen LogP contribution in [0.1, 0.15) is 18.9 Å². The van der Waals surface area contributed by atoms with Crippen molar-refractivity contribution >= 4 is 28.3 Å². The third kappa shape index (κ3) is 3.70. The number of rotatable bonds is 5. The molecule has 0 aliphatic carbocycles. The minimum Gasteiger partial charge on any atom is -0.368 e. The van der Waals surface area contributed by atoms with Crippen LogP contribution in [0.25, 0.3) is 10.8 Å². The van der Waals surface area contributed by atoms with E-state index in [1.807, 2.05) is 17.8 Å². The van der Waals surface area contributed by atoms with E-state index >= 15 is 0 Å². The number of benzene rings is 1. The molecule has 3 heterocycles. The third-order valence-corrected chi connectivity index (χ3v) is 5.64. The number of hydrogen-bond acceptors (Lipinski definition) is 5. The Morgan fingerprint density at radius 1 is 1.15 bits per heavy atom. The third-order valence-electron chi connectivity index (χ3n) is 5.64. The van der Waals surface area contributed by atoms with Crippen molar-refractivity contribution < 1.29 is 9.59 Å². The number of likely N-dealkylation sites (N-methyl/N-ethyl adjacent to an activating group) is 1. The molecule has 7 nitrogen and oxygen atoms in total. The Kier molecular flexibility index (Phi) is 5.13. The first-order chi connectivity index (χ1) is 13.2. The van der Waals surface area contributed by atoms with Crippen molar-refractivity contribution in [1.29, 1.82) is 0 Å². The molecule has 1 atom stereocenters. The van der Waals surface area contributed by atoms with Crippen LogP contribution < -0.4 is 15.5 Å². The molecule has 2 amide bonds. The van der Waals surface area contributed by atoms with Crippen LogP contribution >= 0.6 is 0 Å². The maximum absolute atomic E-state index is 12.2. The standard InChI is InChI=1S/C20H27N5O2/c1-21-7-8-23-9-11-24(12-10-23)17-4-2-3-15-13-25(14-16(15)17)18-5-6-19(26)22-20(18)27/h2-4,13-14,18,21H,5-12H2,1H3,(H,22,26,27). The zero-order valence-corrected chi connectivity index (χ0v) is 15.8. The highest BCUT2D eigenvalue weighted by atomic mass is 16.2. The number of nitrogens with zero attached hydrogens (tertiary/aromatic N) is 3. The van der Waals surface area contributed by atoms with Crippen LogP contribution in [-0.2, 0) is 9.59 Å². The molecule has 0 bridgehead atoms. The predicted octanol–water partition coefficient (Wildman–Crippen LogP) is 0.960. The number of piperidine rings is 1. The van der Waals surface area contributed by atoms with Crippen molar-refractivity contribution in [2.24, 2.45) is 0 Å². The number of fused-ring (bicyclic) bond motifs is 1. The normalized spacial score (nSPS) is 21.7. The molecule has 2 aliphatic heterocycles. The average molecular weight is 369 g/mol. The maximum Gasteiger partial charge on any atom is 0.249 e. The van der Waals surface area contributed by atoms with Gasteiger partial charge in [0.2, 0.25) is 11.8 Å². The Morgan fingerprint density at radius 2 is 1.96 bits per heavy atom. The average Bonchev–Trinajstić information content (AvgIpc) is 3.10. The Morgan fingerprint density at radius 3 is 2.70 bits per heavy atom. The topological polar surface area (TPSA) is 69.6 Å². The fraction of sp³-hybridized carbons (Fsp3) is 0.500. The second-order valence-electron chi connectivity index (χ2n) is 7.38. The Bertz CT molecular complexity index is 838. The molecule has 1 aromatic heterocycles. The molecule has 7 heteroatoms. The molecule has 0 spiro atoms. The highest BCUT2D eigenvalue weighted by Crippen LogP contribution is 2.31. The Labute approximate surface area is 159 Å². The van der Waals surface area contributed by atoms with Crippen LogP contribution in [0, 0.1) is 0 Å². The molecule has 27 heavy (non-hydrogen) atoms. The van der Waals surface area contributed by atoms with Crippen LogP contribution in [0.4, 0.5) is 5.69 Å². The largest absolute Gasteiger partial charge is 0.368 e. The van der Waals surface area contributed by atoms with E-state index in [9.17, 15) is 9.59 Å². The molecular formula is C20H27N5O2. The minimum absolute atomic E-state index is 0.176. The van der Waals surface area contributed by atoms with E-state index in [4.69, 9.17) is 0 Å². The Hall–Kier alpha value is -2.38. The number of nitrogens with one attached hydrogen (secondary N) is 2. The molecule has 1 unspecified atom stereocenters. The second-order valence-corrected chi connectivity index (χ2v) is 7.38. The predicted molar refractivity (Wildman–Crippen MR) is 106 cm³/mol. The first-order valence-corrected chi connectivity index (χ1v) is 9.71. The van der Waals surface area contributed by atoms with Gasteiger partial charge in [-0.1, -0.05) is 12.1 Å². The number of piperazine rings is 1. The number of anilines is 1. The van der Waals surface area contributed by atoms with Crippen LogP contribution in [0.2, 0.25) is 0 Å². The summed E-state index contributed by atoms with van der Waals surface area (Å²) in [7, 11) is 1.99. The van der Waals surface area contributed by atoms with Gasteiger partial charge < -0.3 is 14.8 Å². The zero-order chi connectivity index (χ0) is 18.8. The van der Waals surface area contributed by atoms with Crippen molar-refractivity contribution in [3.8, 4) is 0 Å². The van der Waals surface area contributed by atoms with Gasteiger partial charge in [0.15, 0.2) is 0 Å². The van der Waals surface area contributed by atoms with Gasteiger partial charge in [-0.05, 0) is 19.5 Å². The van der Waals surface area contributed by atoms with Gasteiger partial charge in [0, 0.05) is 74.5 Å². The number of carbonyl (C=O) groups excluding carboxylic acids is 2. The fourth-order valence-electron chi connectivity index (χ4n) is 4.08. The van der Waals surface area contributed by atoms with Crippen molar-refractivity contribution in [2.45, 2.75) is 18.9 Å². The van der Waals surface area contributed by atoms with Gasteiger partial charge in [-0.15, -0.1) is 0 Å². The summed E-state index contributed by atoms with van der Waals surface area (Å²) in [6.07, 6.45) is 5.05. The molecule has 144 valence electrons. The fourth-order valence-corrected chi connectivity index (χ4v) is 4.08. The first-order valence-electron chi connectivity index (χ1n) is 9.71. The lowest BCUT2D eigenvalue weighted by Gasteiger charge is -2.36. The maximum atomic E-state index is 12.2. The van der Waals surface area contributed by atoms with Gasteiger partial charge >= 0.3 is 0 Å². The van der Waals surface area contributed by atoms with E-state index in [0.29, 0.717) is 12.8 Å². The monoisotopic (exact) mass is 369 g/mol. The molecule has 0 saturated carbocycles. The van der Waals surface area contributed by atoms with Gasteiger partial charge in [0.05, 0.1) is 0 Å². The lowest BCUT2D eigenvalue weighted by atomic mass is 10.1. The van der Waals surface area contributed by atoms with E-state index in [1.54, 1.807) is 0 Å². The van der Waals surface area contributed by atoms with Crippen molar-refractivity contribution in [1.82, 2.24) is 20.1 Å². The molecule has 0 radical (unpaired) electrons. The summed E-state index contributed by atoms with van der Waals surface area (Å²) in [6, 6.07) is 6.03.